The Morgan fingerprint density at radius 1 is 0.240 bits per heavy atom. The average Bonchev–Trinajstić information content (AvgIpc) is 1.80. The second kappa shape index (κ2) is 96.1. The summed E-state index contributed by atoms with van der Waals surface area (Å²) < 4.78 is 4.25. The molecule has 6 saturated carbocycles. The van der Waals surface area contributed by atoms with Crippen LogP contribution in [-0.2, 0) is 4.74 Å². The Morgan fingerprint density at radius 2 is 0.527 bits per heavy atom. The van der Waals surface area contributed by atoms with E-state index in [0.717, 1.165) is 69.5 Å². The highest BCUT2D eigenvalue weighted by Gasteiger charge is 2.14. The van der Waals surface area contributed by atoms with Crippen LogP contribution >= 0.6 is 23.2 Å². The number of piperidine rings is 1. The van der Waals surface area contributed by atoms with Crippen LogP contribution in [0.25, 0.3) is 43.4 Å². The Labute approximate surface area is 928 Å². The number of aromatic nitrogens is 8. The Morgan fingerprint density at radius 3 is 0.833 bits per heavy atom. The third kappa shape index (κ3) is 79.1. The van der Waals surface area contributed by atoms with Gasteiger partial charge in [0.05, 0.1) is 11.0 Å². The van der Waals surface area contributed by atoms with Crippen LogP contribution in [0.4, 0.5) is 0 Å². The molecule has 21 rings (SSSR count). The third-order valence-electron chi connectivity index (χ3n) is 26.6. The van der Waals surface area contributed by atoms with E-state index in [1.54, 1.807) is 51.4 Å². The number of hydrogen-bond donors (Lipinski definition) is 0. The number of hydrogen-bond acceptors (Lipinski definition) is 10. The number of para-hydroxylation sites is 1. The highest BCUT2D eigenvalue weighted by Crippen LogP contribution is 2.29. The predicted octanol–water partition coefficient (Wildman–Crippen LogP) is 41.5. The lowest BCUT2D eigenvalue weighted by Gasteiger charge is -2.26. The Kier molecular flexibility index (Phi) is 88.5. The first kappa shape index (κ1) is 138. The van der Waals surface area contributed by atoms with Crippen molar-refractivity contribution in [2.45, 2.75) is 369 Å². The maximum atomic E-state index is 4.64. The van der Waals surface area contributed by atoms with Crippen molar-refractivity contribution in [1.29, 1.82) is 0 Å². The van der Waals surface area contributed by atoms with Crippen LogP contribution in [0.5, 0.6) is 0 Å². The summed E-state index contributed by atoms with van der Waals surface area (Å²) in [6.45, 7) is 43.5. The van der Waals surface area contributed by atoms with Crippen LogP contribution < -0.4 is 0 Å². The number of nitrogens with zero attached hydrogens (tertiary/aromatic N) is 9. The molecule has 8 aromatic heterocycles. The molecule has 0 bridgehead atoms. The first-order valence-electron chi connectivity index (χ1n) is 57.5. The van der Waals surface area contributed by atoms with E-state index < -0.39 is 0 Å². The summed E-state index contributed by atoms with van der Waals surface area (Å²) in [6, 6.07) is 79.7. The molecule has 7 fully saturated rings. The van der Waals surface area contributed by atoms with Crippen molar-refractivity contribution in [2.24, 2.45) is 41.4 Å². The molecule has 1 aliphatic heterocycles. The minimum absolute atomic E-state index is 0.939. The molecule has 1 atom stereocenters. The summed E-state index contributed by atoms with van der Waals surface area (Å²) in [5.74, 6) is 7.15. The number of methoxy groups -OCH3 is 1. The summed E-state index contributed by atoms with van der Waals surface area (Å²) in [5, 5.41) is 7.76. The minimum atomic E-state index is 0.939. The lowest BCUT2D eigenvalue weighted by atomic mass is 9.91. The molecule has 0 amide bonds. The van der Waals surface area contributed by atoms with Crippen LogP contribution in [0.2, 0.25) is 0 Å². The van der Waals surface area contributed by atoms with E-state index in [1.165, 1.54) is 335 Å². The molecular weight excluding hydrogens is 1870 g/mol. The van der Waals surface area contributed by atoms with Gasteiger partial charge >= 0.3 is 0 Å². The van der Waals surface area contributed by atoms with Gasteiger partial charge < -0.3 is 9.64 Å². The van der Waals surface area contributed by atoms with E-state index in [2.05, 4.69) is 283 Å². The Hall–Kier alpha value is -9.94. The largest absolute Gasteiger partial charge is 0.388 e. The van der Waals surface area contributed by atoms with E-state index in [-0.39, 0.29) is 0 Å². The maximum absolute atomic E-state index is 4.64. The van der Waals surface area contributed by atoms with Gasteiger partial charge in [0.2, 0.25) is 0 Å². The molecule has 150 heavy (non-hydrogen) atoms. The van der Waals surface area contributed by atoms with Crippen molar-refractivity contribution < 1.29 is 4.74 Å². The van der Waals surface area contributed by atoms with Gasteiger partial charge in [-0.3, -0.25) is 39.9 Å². The fourth-order valence-corrected chi connectivity index (χ4v) is 17.4. The van der Waals surface area contributed by atoms with Gasteiger partial charge in [0.15, 0.2) is 0 Å². The number of halogens is 2. The predicted molar refractivity (Wildman–Crippen MR) is 664 cm³/mol. The zero-order valence-electron chi connectivity index (χ0n) is 98.7. The van der Waals surface area contributed by atoms with Gasteiger partial charge in [0, 0.05) is 130 Å². The van der Waals surface area contributed by atoms with E-state index in [4.69, 9.17) is 0 Å². The fourth-order valence-electron chi connectivity index (χ4n) is 17.4. The number of likely N-dealkylation sites (tertiary alicyclic amines) is 1. The summed E-state index contributed by atoms with van der Waals surface area (Å²) in [4.78, 5) is 34.5. The van der Waals surface area contributed by atoms with E-state index >= 15 is 0 Å². The van der Waals surface area contributed by atoms with Gasteiger partial charge in [-0.25, -0.2) is 0 Å². The molecule has 1 unspecified atom stereocenters. The number of benzene rings is 6. The first-order valence-corrected chi connectivity index (χ1v) is 59.0. The first-order chi connectivity index (χ1) is 72.9. The quantitative estimate of drug-likeness (QED) is 0.107. The van der Waals surface area contributed by atoms with Crippen molar-refractivity contribution in [3.63, 3.8) is 0 Å². The molecule has 0 N–H and O–H groups in total. The van der Waals surface area contributed by atoms with Crippen molar-refractivity contribution in [3.8, 4) is 0 Å². The van der Waals surface area contributed by atoms with Crippen molar-refractivity contribution in [3.05, 3.63) is 361 Å². The molecule has 0 radical (unpaired) electrons. The number of alkyl halides is 2. The average molecular weight is 2080 g/mol. The van der Waals surface area contributed by atoms with Gasteiger partial charge in [-0.15, -0.1) is 23.2 Å². The molecule has 1 saturated heterocycles. The zero-order chi connectivity index (χ0) is 110. The van der Waals surface area contributed by atoms with Crippen molar-refractivity contribution >= 4 is 66.6 Å². The normalized spacial score (nSPS) is 15.3. The van der Waals surface area contributed by atoms with Gasteiger partial charge in [-0.2, -0.15) is 0 Å². The van der Waals surface area contributed by atoms with Gasteiger partial charge in [-0.1, -0.05) is 456 Å². The molecule has 7 aliphatic rings. The third-order valence-corrected chi connectivity index (χ3v) is 26.6. The van der Waals surface area contributed by atoms with Gasteiger partial charge in [-0.05, 0) is 265 Å². The summed E-state index contributed by atoms with van der Waals surface area (Å²) in [7, 11) is 5.45. The maximum Gasteiger partial charge on any atom is 0.0731 e. The van der Waals surface area contributed by atoms with Crippen LogP contribution in [-0.4, -0.2) is 91.9 Å². The van der Waals surface area contributed by atoms with Crippen molar-refractivity contribution in [1.82, 2.24) is 44.8 Å². The van der Waals surface area contributed by atoms with Crippen molar-refractivity contribution in [2.75, 3.05) is 47.1 Å². The molecule has 9 heterocycles. The van der Waals surface area contributed by atoms with Crippen LogP contribution in [0, 0.1) is 111 Å². The number of rotatable bonds is 0. The SMILES string of the molecule is CC.CC1CC1.CC1CCCC1.CC1CCCCC1.CC1CCCCCC1.CC1CCCCCCC1.CC1CCCCCCCCCCC1.CC1CCCN(C)C1.CCl.CCl.COC.Cc1ccc2ccccc2c1.Cc1ccc2ncccc2c1.Cc1cccc2ccccc12.Cc1cccc2cccnc12.Cc1ccccn1.Cc1ccccn1.Cc1ccccn1.Cc1cccnc1.Cc1cccnc1.Cc1cccnc1. The Balaban J connectivity index is 0.000000797. The smallest absolute Gasteiger partial charge is 0.0731 e. The molecule has 6 aliphatic carbocycles. The van der Waals surface area contributed by atoms with Crippen LogP contribution in [0.1, 0.15) is 356 Å². The summed E-state index contributed by atoms with van der Waals surface area (Å²) in [6.07, 6.45) is 77.7. The second-order valence-corrected chi connectivity index (χ2v) is 41.6. The molecular formula is C138H207Cl2N9O. The number of pyridine rings is 8. The number of aryl methyl sites for hydroxylation is 10. The van der Waals surface area contributed by atoms with Crippen LogP contribution in [0.3, 0.4) is 0 Å². The van der Waals surface area contributed by atoms with E-state index in [0.29, 0.717) is 0 Å². The zero-order valence-corrected chi connectivity index (χ0v) is 100. The topological polar surface area (TPSA) is 116 Å². The monoisotopic (exact) mass is 2080 g/mol. The molecule has 6 aromatic carbocycles. The highest BCUT2D eigenvalue weighted by molar-refractivity contribution is 6.15. The summed E-state index contributed by atoms with van der Waals surface area (Å²) >= 11 is 9.28. The lowest BCUT2D eigenvalue weighted by Crippen LogP contribution is -2.30. The summed E-state index contributed by atoms with van der Waals surface area (Å²) in [5.41, 5.74) is 14.2. The fraction of sp³-hybridized carbons (Fsp3) is 0.507. The second-order valence-electron chi connectivity index (χ2n) is 41.6. The van der Waals surface area contributed by atoms with Gasteiger partial charge in [0.1, 0.15) is 0 Å². The highest BCUT2D eigenvalue weighted by atomic mass is 35.5. The molecule has 824 valence electrons. The Bertz CT molecular complexity index is 4790. The molecule has 0 spiro atoms. The van der Waals surface area contributed by atoms with Gasteiger partial charge in [0.25, 0.3) is 0 Å². The number of fused-ring (bicyclic) bond motifs is 4. The molecule has 10 nitrogen and oxygen atoms in total. The molecule has 14 aromatic rings. The minimum Gasteiger partial charge on any atom is -0.388 e. The van der Waals surface area contributed by atoms with Crippen LogP contribution in [0.15, 0.2) is 305 Å². The lowest BCUT2D eigenvalue weighted by molar-refractivity contribution is 0.221. The standard InChI is InChI=1S/C13H26.2C11H10.2C10H9N.C9H18.C8H16.C7H15N.C7H14.6C6H7N.C6H12.C4H8.C2H6O.C2H6.2CH3Cl/c1-13-11-9-7-5-3-2-4-6-8-10-12-13;1-9-5-4-7-10-6-2-3-8-11(9)10;1-9-6-7-10-4-2-3-5-11(10)8-9;1-8-4-2-5-9-6-3-7-11-10(8)9;1-8-4-5-10-9(7-8)3-2-6-11-10;1-9-7-5-3-2-4-6-8-9;1-8-6-4-2-3-5-7-8;1-7-4-3-5-8(2)6-7;1-7-5-3-2-4-6-7;3*1-6-3-2-4-7-5-6;3*1-6-4-2-3-5-7-6;1-6-4-2-3-5-6;1-4-2-3-4;1-3-2;3*1-2/h13H,2-12H2,1H3;2*2-8H,1H3;2*2-7H,1H3;9H,2-8H2,1H3;8H,2-7H2,1H3;7H,3-6H2,1-2H3;7H,2-6H2,1H3;6*2-5H,1H3;6H,2-5H2,1H3;4H,2-3H2,1H3;1-2H3;1-2H3;2*1H3. The molecule has 12 heteroatoms. The number of ether oxygens (including phenoxy) is 1. The van der Waals surface area contributed by atoms with E-state index in [9.17, 15) is 0 Å². The van der Waals surface area contributed by atoms with E-state index in [1.807, 2.05) is 196 Å².